The van der Waals surface area contributed by atoms with Crippen LogP contribution in [0.3, 0.4) is 0 Å². The summed E-state index contributed by atoms with van der Waals surface area (Å²) in [7, 11) is 0. The first-order chi connectivity index (χ1) is 41.5. The third kappa shape index (κ3) is 16.1. The van der Waals surface area contributed by atoms with Crippen LogP contribution in [0.5, 0.6) is 0 Å². The van der Waals surface area contributed by atoms with Gasteiger partial charge in [-0.3, -0.25) is 28.8 Å². The van der Waals surface area contributed by atoms with E-state index < -0.39 is 179 Å². The Labute approximate surface area is 521 Å². The second-order valence-corrected chi connectivity index (χ2v) is 24.9. The largest absolute Gasteiger partial charge is 0.458 e. The molecule has 0 aromatic carbocycles. The van der Waals surface area contributed by atoms with Gasteiger partial charge in [-0.1, -0.05) is 84.9 Å². The molecule has 5 fully saturated rings. The van der Waals surface area contributed by atoms with Crippen LogP contribution in [0, 0.1) is 35.5 Å². The highest BCUT2D eigenvalue weighted by Crippen LogP contribution is 2.46. The van der Waals surface area contributed by atoms with Crippen molar-refractivity contribution in [2.24, 2.45) is 35.5 Å². The molecule has 3 aliphatic carbocycles. The Morgan fingerprint density at radius 2 is 0.967 bits per heavy atom. The number of Topliss-reactive ketones (excluding diaryl/α,β-unsaturated/α-hetero) is 2. The number of epoxide rings is 1. The molecule has 25 nitrogen and oxygen atoms in total. The summed E-state index contributed by atoms with van der Waals surface area (Å²) in [5, 5.41) is 33.4. The standard InChI is InChI=1S/C23H30O8.C21H26O9.C21H26O8/c1-11(2)20(25)30-18-17-14(6)22(27)29-15(17)10-13(5)8-9-16(24)23(7,28)19(18)31-21(26)12(3)4;1-8(2)19(24)30-15-13-10(4)20(25)28-12(13)7-9(3)14-16(29-14)17(23)21(6,26)18(15)27-11(5)22;1-10(2)19(24)29-17-16-12(4)20(25)28-14(16)9-11(3)7-8-15(23)21(6,26)18(17)27-13(5)22/h8-9,12-13,15,17-19,28H,1,6,10H2,2-5,7H3;9,12-16,18,26H,1,4,7H2,2-3,5-6H3;7,14,16-18,26H,1,4,8-9H2,2-3,5-6H3/b9-8-;;11-7-/t13-,15+,17-,18-,19+,23-;9-,12-,13+,14+,15+,16+,18-,21+;14-,16+,17+,18-,21-/m011/s1. The molecular formula is C65H82O25. The number of allylic oxidation sites excluding steroid dienone is 2. The molecule has 0 aromatic heterocycles. The molecule has 0 amide bonds. The number of ether oxygens (including phenoxy) is 10. The topological polar surface area (TPSA) is 361 Å². The molecule has 4 heterocycles. The average molecular weight is 1260 g/mol. The maximum absolute atomic E-state index is 13.0. The van der Waals surface area contributed by atoms with Crippen molar-refractivity contribution in [2.45, 2.75) is 200 Å². The molecule has 0 radical (unpaired) electrons. The molecule has 3 N–H and O–H groups in total. The average Bonchev–Trinajstić information content (AvgIpc) is 1.56. The van der Waals surface area contributed by atoms with Gasteiger partial charge in [0.15, 0.2) is 70.8 Å². The van der Waals surface area contributed by atoms with E-state index in [1.54, 1.807) is 32.9 Å². The molecule has 4 saturated heterocycles. The maximum atomic E-state index is 13.0. The van der Waals surface area contributed by atoms with Crippen LogP contribution in [0.25, 0.3) is 0 Å². The highest BCUT2D eigenvalue weighted by atomic mass is 16.6. The molecule has 25 heteroatoms. The zero-order chi connectivity index (χ0) is 68.3. The summed E-state index contributed by atoms with van der Waals surface area (Å²) in [6.07, 6.45) is -7.54. The smallest absolute Gasteiger partial charge is 0.334 e. The normalized spacial score (nSPS) is 36.5. The van der Waals surface area contributed by atoms with Gasteiger partial charge in [-0.2, -0.15) is 0 Å². The predicted octanol–water partition coefficient (Wildman–Crippen LogP) is 4.25. The third-order valence-corrected chi connectivity index (χ3v) is 16.5. The van der Waals surface area contributed by atoms with Gasteiger partial charge in [0.05, 0.1) is 29.8 Å². The minimum Gasteiger partial charge on any atom is -0.458 e. The van der Waals surface area contributed by atoms with Gasteiger partial charge >= 0.3 is 53.7 Å². The molecule has 19 atom stereocenters. The van der Waals surface area contributed by atoms with Gasteiger partial charge in [0, 0.05) is 60.1 Å². The van der Waals surface area contributed by atoms with Crippen LogP contribution in [-0.4, -0.2) is 170 Å². The minimum absolute atomic E-state index is 0.000884. The molecule has 1 saturated carbocycles. The summed E-state index contributed by atoms with van der Waals surface area (Å²) in [5.41, 5.74) is -5.80. The van der Waals surface area contributed by atoms with Crippen LogP contribution in [0.2, 0.25) is 0 Å². The molecule has 0 spiro atoms. The van der Waals surface area contributed by atoms with Gasteiger partial charge in [0.2, 0.25) is 0 Å². The monoisotopic (exact) mass is 1260 g/mol. The number of hydrogen-bond donors (Lipinski definition) is 3. The number of fused-ring (bicyclic) bond motifs is 4. The zero-order valence-corrected chi connectivity index (χ0v) is 52.9. The molecule has 7 rings (SSSR count). The summed E-state index contributed by atoms with van der Waals surface area (Å²) >= 11 is 0. The van der Waals surface area contributed by atoms with E-state index in [4.69, 9.17) is 47.4 Å². The predicted molar refractivity (Wildman–Crippen MR) is 313 cm³/mol. The number of hydrogen-bond acceptors (Lipinski definition) is 25. The fraction of sp³-hybridized carbons (Fsp3) is 0.569. The highest BCUT2D eigenvalue weighted by Gasteiger charge is 2.64. The van der Waals surface area contributed by atoms with E-state index in [1.807, 2.05) is 13.8 Å². The minimum atomic E-state index is -2.27. The summed E-state index contributed by atoms with van der Waals surface area (Å²) in [6, 6.07) is 0. The van der Waals surface area contributed by atoms with Gasteiger partial charge in [-0.05, 0) is 79.2 Å². The Bertz CT molecular complexity index is 3110. The first-order valence-electron chi connectivity index (χ1n) is 29.1. The molecule has 492 valence electrons. The Hall–Kier alpha value is -8.00. The molecular weight excluding hydrogens is 1180 g/mol. The van der Waals surface area contributed by atoms with Gasteiger partial charge in [0.25, 0.3) is 0 Å². The number of rotatable bonds is 10. The lowest BCUT2D eigenvalue weighted by Crippen LogP contribution is -2.60. The Morgan fingerprint density at radius 1 is 0.578 bits per heavy atom. The van der Waals surface area contributed by atoms with Crippen molar-refractivity contribution in [3.63, 3.8) is 0 Å². The SMILES string of the molecule is C=C(C)C(=O)O[C@H]1[C@H]2C(=C)C(=O)O[C@@H]2C/C(C)=C\CC(=O)[C@@](C)(O)[C@@H]1OC(C)=O.C=C(C)C(=O)O[C@H]1[C@H]2C(=C)C(=O)O[C@@H]2C[C@@H](C)/C=C\C(=O)[C@](C)(O)[C@@H]1OC(=O)C(C)C.C=C(C)C(=O)O[C@H]1[C@H]2C(=C)C(=O)O[C@@H]2C[C@@H](C)[C@@H]2O[C@@H]2C(=O)[C@](C)(O)[C@@H]1OC(C)=O. The molecule has 90 heavy (non-hydrogen) atoms. The van der Waals surface area contributed by atoms with Crippen LogP contribution in [0.1, 0.15) is 116 Å². The van der Waals surface area contributed by atoms with Crippen molar-refractivity contribution in [1.29, 1.82) is 0 Å². The Kier molecular flexibility index (Phi) is 23.0. The molecule has 0 aromatic rings. The number of esters is 9. The van der Waals surface area contributed by atoms with E-state index >= 15 is 0 Å². The summed E-state index contributed by atoms with van der Waals surface area (Å²) < 4.78 is 54.5. The number of carbonyl (C=O) groups is 12. The van der Waals surface area contributed by atoms with Crippen molar-refractivity contribution in [1.82, 2.24) is 0 Å². The third-order valence-electron chi connectivity index (χ3n) is 16.5. The van der Waals surface area contributed by atoms with Gasteiger partial charge < -0.3 is 62.7 Å². The lowest BCUT2D eigenvalue weighted by molar-refractivity contribution is -0.197. The van der Waals surface area contributed by atoms with E-state index in [0.717, 1.165) is 19.4 Å². The van der Waals surface area contributed by atoms with Crippen molar-refractivity contribution >= 4 is 71.1 Å². The molecule has 0 unspecified atom stereocenters. The van der Waals surface area contributed by atoms with E-state index in [-0.39, 0.29) is 58.1 Å². The first kappa shape index (κ1) is 72.7. The second kappa shape index (κ2) is 28.4. The van der Waals surface area contributed by atoms with E-state index in [1.165, 1.54) is 47.6 Å². The fourth-order valence-electron chi connectivity index (χ4n) is 11.2. The molecule has 4 aliphatic heterocycles. The number of ketones is 3. The number of carbonyl (C=O) groups excluding carboxylic acids is 12. The van der Waals surface area contributed by atoms with Gasteiger partial charge in [-0.15, -0.1) is 0 Å². The van der Waals surface area contributed by atoms with Crippen LogP contribution < -0.4 is 0 Å². The Morgan fingerprint density at radius 3 is 1.38 bits per heavy atom. The van der Waals surface area contributed by atoms with Crippen LogP contribution in [0.4, 0.5) is 0 Å². The highest BCUT2D eigenvalue weighted by molar-refractivity contribution is 5.99. The lowest BCUT2D eigenvalue weighted by atomic mass is 9.75. The van der Waals surface area contributed by atoms with E-state index in [9.17, 15) is 72.9 Å². The molecule has 7 aliphatic rings. The molecule has 0 bridgehead atoms. The second-order valence-electron chi connectivity index (χ2n) is 24.9. The first-order valence-corrected chi connectivity index (χ1v) is 29.1. The zero-order valence-electron chi connectivity index (χ0n) is 52.9. The van der Waals surface area contributed by atoms with Gasteiger partial charge in [0.1, 0.15) is 24.4 Å². The number of aliphatic hydroxyl groups is 3. The van der Waals surface area contributed by atoms with Crippen LogP contribution in [0.15, 0.2) is 96.7 Å². The summed E-state index contributed by atoms with van der Waals surface area (Å²) in [5.74, 6) is -12.7. The summed E-state index contributed by atoms with van der Waals surface area (Å²) in [4.78, 5) is 149. The Balaban J connectivity index is 0.000000246. The summed E-state index contributed by atoms with van der Waals surface area (Å²) in [6.45, 7) is 40.4. The van der Waals surface area contributed by atoms with Crippen molar-refractivity contribution in [3.05, 3.63) is 96.7 Å². The fourth-order valence-corrected chi connectivity index (χ4v) is 11.2. The lowest BCUT2D eigenvalue weighted by Gasteiger charge is -2.40. The van der Waals surface area contributed by atoms with E-state index in [0.29, 0.717) is 12.8 Å². The van der Waals surface area contributed by atoms with Crippen LogP contribution >= 0.6 is 0 Å². The quantitative estimate of drug-likeness (QED) is 0.0904. The maximum Gasteiger partial charge on any atom is 0.334 e. The van der Waals surface area contributed by atoms with Crippen molar-refractivity contribution in [2.75, 3.05) is 0 Å². The van der Waals surface area contributed by atoms with E-state index in [2.05, 4.69) is 39.5 Å². The van der Waals surface area contributed by atoms with Gasteiger partial charge in [-0.25, -0.2) is 28.8 Å². The van der Waals surface area contributed by atoms with Crippen molar-refractivity contribution < 1.29 is 120 Å². The van der Waals surface area contributed by atoms with Crippen molar-refractivity contribution in [3.8, 4) is 0 Å². The van der Waals surface area contributed by atoms with Crippen LogP contribution in [-0.2, 0) is 105 Å².